The Morgan fingerprint density at radius 2 is 2.12 bits per heavy atom. The highest BCUT2D eigenvalue weighted by Gasteiger charge is 2.23. The van der Waals surface area contributed by atoms with Crippen LogP contribution in [0, 0.1) is 5.92 Å². The van der Waals surface area contributed by atoms with Gasteiger partial charge in [0.05, 0.1) is 24.2 Å². The number of aliphatic hydroxyl groups excluding tert-OH is 1. The standard InChI is InChI=1S/C12H20N4O/c1-9(17)10-2-4-16(5-3-10)12-8-14-11(6-13)7-15-12/h7-10,17H,2-6,13H2,1H3. The van der Waals surface area contributed by atoms with Gasteiger partial charge < -0.3 is 15.7 Å². The number of hydrogen-bond acceptors (Lipinski definition) is 5. The number of nitrogens with zero attached hydrogens (tertiary/aromatic N) is 3. The Morgan fingerprint density at radius 3 is 2.59 bits per heavy atom. The van der Waals surface area contributed by atoms with Crippen LogP contribution in [0.1, 0.15) is 25.5 Å². The van der Waals surface area contributed by atoms with Gasteiger partial charge in [0.1, 0.15) is 5.82 Å². The van der Waals surface area contributed by atoms with Gasteiger partial charge in [-0.2, -0.15) is 0 Å². The molecule has 1 fully saturated rings. The molecular weight excluding hydrogens is 216 g/mol. The van der Waals surface area contributed by atoms with Crippen LogP contribution < -0.4 is 10.6 Å². The summed E-state index contributed by atoms with van der Waals surface area (Å²) in [6.07, 6.45) is 5.33. The molecule has 0 radical (unpaired) electrons. The second-order valence-electron chi connectivity index (χ2n) is 4.64. The minimum atomic E-state index is -0.206. The Kier molecular flexibility index (Phi) is 3.91. The van der Waals surface area contributed by atoms with E-state index in [2.05, 4.69) is 14.9 Å². The van der Waals surface area contributed by atoms with E-state index in [-0.39, 0.29) is 6.10 Å². The Hall–Kier alpha value is -1.20. The van der Waals surface area contributed by atoms with E-state index in [1.807, 2.05) is 6.92 Å². The summed E-state index contributed by atoms with van der Waals surface area (Å²) in [6.45, 7) is 4.17. The highest BCUT2D eigenvalue weighted by molar-refractivity contribution is 5.36. The third-order valence-electron chi connectivity index (χ3n) is 3.45. The topological polar surface area (TPSA) is 75.3 Å². The van der Waals surface area contributed by atoms with Crippen molar-refractivity contribution in [3.05, 3.63) is 18.1 Å². The molecule has 1 unspecified atom stereocenters. The van der Waals surface area contributed by atoms with Crippen molar-refractivity contribution in [3.8, 4) is 0 Å². The van der Waals surface area contributed by atoms with Crippen molar-refractivity contribution in [1.29, 1.82) is 0 Å². The molecule has 2 heterocycles. The molecule has 2 rings (SSSR count). The molecule has 0 aromatic carbocycles. The Morgan fingerprint density at radius 1 is 1.41 bits per heavy atom. The van der Waals surface area contributed by atoms with Crippen LogP contribution in [-0.4, -0.2) is 34.3 Å². The SMILES string of the molecule is CC(O)C1CCN(c2cnc(CN)cn2)CC1. The van der Waals surface area contributed by atoms with E-state index in [9.17, 15) is 5.11 Å². The maximum absolute atomic E-state index is 9.54. The highest BCUT2D eigenvalue weighted by Crippen LogP contribution is 2.23. The van der Waals surface area contributed by atoms with Crippen LogP contribution >= 0.6 is 0 Å². The van der Waals surface area contributed by atoms with Crippen molar-refractivity contribution < 1.29 is 5.11 Å². The summed E-state index contributed by atoms with van der Waals surface area (Å²) in [5, 5.41) is 9.54. The van der Waals surface area contributed by atoms with Gasteiger partial charge in [-0.25, -0.2) is 4.98 Å². The third-order valence-corrected chi connectivity index (χ3v) is 3.45. The zero-order valence-corrected chi connectivity index (χ0v) is 10.2. The van der Waals surface area contributed by atoms with Crippen LogP contribution in [0.15, 0.2) is 12.4 Å². The molecule has 1 aromatic rings. The summed E-state index contributed by atoms with van der Waals surface area (Å²) < 4.78 is 0. The van der Waals surface area contributed by atoms with Crippen molar-refractivity contribution in [2.45, 2.75) is 32.4 Å². The van der Waals surface area contributed by atoms with E-state index in [1.165, 1.54) is 0 Å². The Bertz CT molecular complexity index is 344. The molecule has 0 saturated carbocycles. The zero-order valence-electron chi connectivity index (χ0n) is 10.2. The first-order valence-corrected chi connectivity index (χ1v) is 6.14. The third kappa shape index (κ3) is 2.92. The summed E-state index contributed by atoms with van der Waals surface area (Å²) in [4.78, 5) is 10.8. The fraction of sp³-hybridized carbons (Fsp3) is 0.667. The fourth-order valence-corrected chi connectivity index (χ4v) is 2.23. The van der Waals surface area contributed by atoms with Crippen molar-refractivity contribution in [3.63, 3.8) is 0 Å². The lowest BCUT2D eigenvalue weighted by Crippen LogP contribution is -2.37. The molecule has 5 heteroatoms. The number of piperidine rings is 1. The summed E-state index contributed by atoms with van der Waals surface area (Å²) in [7, 11) is 0. The molecule has 1 saturated heterocycles. The molecule has 0 bridgehead atoms. The van der Waals surface area contributed by atoms with Crippen molar-refractivity contribution in [1.82, 2.24) is 9.97 Å². The predicted octanol–water partition coefficient (Wildman–Crippen LogP) is 0.533. The quantitative estimate of drug-likeness (QED) is 0.801. The first kappa shape index (κ1) is 12.3. The summed E-state index contributed by atoms with van der Waals surface area (Å²) in [6, 6.07) is 0. The average molecular weight is 236 g/mol. The average Bonchev–Trinajstić information content (AvgIpc) is 2.39. The lowest BCUT2D eigenvalue weighted by molar-refractivity contribution is 0.110. The lowest BCUT2D eigenvalue weighted by atomic mass is 9.92. The molecule has 5 nitrogen and oxygen atoms in total. The second-order valence-corrected chi connectivity index (χ2v) is 4.64. The molecule has 3 N–H and O–H groups in total. The molecule has 1 aliphatic rings. The molecule has 94 valence electrons. The van der Waals surface area contributed by atoms with Gasteiger partial charge >= 0.3 is 0 Å². The fourth-order valence-electron chi connectivity index (χ4n) is 2.23. The second kappa shape index (κ2) is 5.42. The maximum Gasteiger partial charge on any atom is 0.147 e. The first-order chi connectivity index (χ1) is 8.20. The molecule has 1 atom stereocenters. The van der Waals surface area contributed by atoms with E-state index in [4.69, 9.17) is 5.73 Å². The van der Waals surface area contributed by atoms with Gasteiger partial charge in [-0.05, 0) is 25.7 Å². The monoisotopic (exact) mass is 236 g/mol. The van der Waals surface area contributed by atoms with Crippen molar-refractivity contribution >= 4 is 5.82 Å². The summed E-state index contributed by atoms with van der Waals surface area (Å²) in [5.41, 5.74) is 6.30. The largest absolute Gasteiger partial charge is 0.393 e. The lowest BCUT2D eigenvalue weighted by Gasteiger charge is -2.33. The normalized spacial score (nSPS) is 19.4. The smallest absolute Gasteiger partial charge is 0.147 e. The van der Waals surface area contributed by atoms with Gasteiger partial charge in [-0.3, -0.25) is 4.98 Å². The maximum atomic E-state index is 9.54. The zero-order chi connectivity index (χ0) is 12.3. The van der Waals surface area contributed by atoms with Crippen LogP contribution in [0.4, 0.5) is 5.82 Å². The molecular formula is C12H20N4O. The van der Waals surface area contributed by atoms with E-state index < -0.39 is 0 Å². The van der Waals surface area contributed by atoms with Crippen LogP contribution in [0.2, 0.25) is 0 Å². The number of aliphatic hydroxyl groups is 1. The van der Waals surface area contributed by atoms with Gasteiger partial charge in [0, 0.05) is 19.6 Å². The number of nitrogens with two attached hydrogens (primary N) is 1. The number of hydrogen-bond donors (Lipinski definition) is 2. The van der Waals surface area contributed by atoms with Crippen molar-refractivity contribution in [2.24, 2.45) is 11.7 Å². The van der Waals surface area contributed by atoms with Crippen LogP contribution in [0.25, 0.3) is 0 Å². The van der Waals surface area contributed by atoms with E-state index in [0.29, 0.717) is 12.5 Å². The minimum Gasteiger partial charge on any atom is -0.393 e. The number of rotatable bonds is 3. The molecule has 1 aromatic heterocycles. The van der Waals surface area contributed by atoms with Gasteiger partial charge in [0.2, 0.25) is 0 Å². The predicted molar refractivity (Wildman–Crippen MR) is 66.5 cm³/mol. The molecule has 0 amide bonds. The van der Waals surface area contributed by atoms with E-state index >= 15 is 0 Å². The Balaban J connectivity index is 1.95. The summed E-state index contributed by atoms with van der Waals surface area (Å²) in [5.74, 6) is 1.33. The van der Waals surface area contributed by atoms with Gasteiger partial charge in [0.25, 0.3) is 0 Å². The van der Waals surface area contributed by atoms with Gasteiger partial charge in [0.15, 0.2) is 0 Å². The van der Waals surface area contributed by atoms with Crippen LogP contribution in [0.5, 0.6) is 0 Å². The molecule has 0 spiro atoms. The van der Waals surface area contributed by atoms with E-state index in [1.54, 1.807) is 12.4 Å². The number of anilines is 1. The number of aromatic nitrogens is 2. The highest BCUT2D eigenvalue weighted by atomic mass is 16.3. The summed E-state index contributed by atoms with van der Waals surface area (Å²) >= 11 is 0. The van der Waals surface area contributed by atoms with Gasteiger partial charge in [-0.1, -0.05) is 0 Å². The molecule has 17 heavy (non-hydrogen) atoms. The molecule has 1 aliphatic heterocycles. The van der Waals surface area contributed by atoms with E-state index in [0.717, 1.165) is 37.4 Å². The minimum absolute atomic E-state index is 0.206. The first-order valence-electron chi connectivity index (χ1n) is 6.14. The van der Waals surface area contributed by atoms with Crippen molar-refractivity contribution in [2.75, 3.05) is 18.0 Å². The van der Waals surface area contributed by atoms with Crippen LogP contribution in [-0.2, 0) is 6.54 Å². The van der Waals surface area contributed by atoms with Crippen LogP contribution in [0.3, 0.4) is 0 Å². The van der Waals surface area contributed by atoms with Gasteiger partial charge in [-0.15, -0.1) is 0 Å². The molecule has 0 aliphatic carbocycles. The Labute approximate surface area is 102 Å².